The van der Waals surface area contributed by atoms with Crippen LogP contribution in [0.3, 0.4) is 0 Å². The minimum atomic E-state index is -1.21. The van der Waals surface area contributed by atoms with E-state index in [-0.39, 0.29) is 33.4 Å². The summed E-state index contributed by atoms with van der Waals surface area (Å²) in [5, 5.41) is 2.98. The number of hydrogen-bond acceptors (Lipinski definition) is 6. The number of carbonyl (C=O) groups excluding carboxylic acids is 1. The van der Waals surface area contributed by atoms with Crippen molar-refractivity contribution >= 4 is 113 Å². The number of benzene rings is 5. The molecule has 0 heterocycles. The molecule has 0 bridgehead atoms. The molecule has 15 heteroatoms. The summed E-state index contributed by atoms with van der Waals surface area (Å²) in [7, 11) is -2.25. The second-order valence-electron chi connectivity index (χ2n) is 18.3. The standard InChI is InChI=1S/C13H20BrNOS.C13H18BrNOS.C9H10BrNO.C9H12BrN.C9H9BrO/c2*1-9-8-11(14)6-7-12(9)10(2)15-17(16)13(3,4)5;1-6-5-8(10)3-4-9(6)7(2)11-12;2*1-6-5-8(10)3-4-9(6)7(2)11/h6-8,10,15H,1-5H3;6-8H,1-5H3;3-5,7H,1-2H3;3-5,7H,11H2,1-2H3;3-5H,1-2H3/t10-,17+;17-;2*7-;/m0100./s1. The lowest BCUT2D eigenvalue weighted by atomic mass is 10.0. The third kappa shape index (κ3) is 22.8. The Morgan fingerprint density at radius 2 is 0.912 bits per heavy atom. The lowest BCUT2D eigenvalue weighted by Crippen LogP contribution is -2.35. The highest BCUT2D eigenvalue weighted by Gasteiger charge is 2.22. The molecule has 0 aliphatic heterocycles. The highest BCUT2D eigenvalue weighted by Crippen LogP contribution is 2.26. The van der Waals surface area contributed by atoms with Crippen molar-refractivity contribution in [3.05, 3.63) is 174 Å². The molecule has 0 radical (unpaired) electrons. The number of nitrogens with one attached hydrogen (secondary N) is 1. The zero-order valence-corrected chi connectivity index (χ0v) is 51.8. The van der Waals surface area contributed by atoms with Gasteiger partial charge in [-0.25, -0.2) is 13.1 Å². The number of nitrogens with zero attached hydrogens (tertiary/aromatic N) is 2. The Kier molecular flexibility index (Phi) is 28.0. The number of nitrogens with two attached hydrogens (primary N) is 1. The Balaban J connectivity index is 0.000000431. The Labute approximate surface area is 454 Å². The molecular weight excluding hydrogens is 1220 g/mol. The molecule has 0 aliphatic rings. The minimum Gasteiger partial charge on any atom is -0.324 e. The Morgan fingerprint density at radius 1 is 0.559 bits per heavy atom. The van der Waals surface area contributed by atoms with E-state index in [0.29, 0.717) is 0 Å². The summed E-state index contributed by atoms with van der Waals surface area (Å²) in [4.78, 5) is 21.2. The molecule has 3 N–H and O–H groups in total. The Bertz CT molecular complexity index is 2550. The number of halogens is 5. The maximum Gasteiger partial charge on any atom is 0.160 e. The summed E-state index contributed by atoms with van der Waals surface area (Å²) in [5.41, 5.74) is 17.5. The molecule has 0 saturated carbocycles. The molecule has 5 aromatic carbocycles. The summed E-state index contributed by atoms with van der Waals surface area (Å²) in [5.74, 6) is 0.120. The van der Waals surface area contributed by atoms with Crippen LogP contribution in [0.15, 0.2) is 123 Å². The predicted molar refractivity (Wildman–Crippen MR) is 311 cm³/mol. The van der Waals surface area contributed by atoms with Gasteiger partial charge in [-0.15, -0.1) is 0 Å². The van der Waals surface area contributed by atoms with Crippen molar-refractivity contribution in [1.29, 1.82) is 0 Å². The molecule has 5 aromatic rings. The third-order valence-electron chi connectivity index (χ3n) is 9.99. The van der Waals surface area contributed by atoms with Crippen molar-refractivity contribution in [3.8, 4) is 0 Å². The van der Waals surface area contributed by atoms with Gasteiger partial charge in [-0.05, 0) is 222 Å². The Morgan fingerprint density at radius 3 is 1.24 bits per heavy atom. The maximum atomic E-state index is 12.0. The molecule has 0 aromatic heterocycles. The fourth-order valence-corrected chi connectivity index (χ4v) is 10.0. The highest BCUT2D eigenvalue weighted by molar-refractivity contribution is 9.11. The van der Waals surface area contributed by atoms with Crippen LogP contribution in [0.1, 0.15) is 155 Å². The van der Waals surface area contributed by atoms with Crippen LogP contribution in [0, 0.1) is 39.5 Å². The van der Waals surface area contributed by atoms with Crippen molar-refractivity contribution in [2.75, 3.05) is 0 Å². The fourth-order valence-electron chi connectivity index (χ4n) is 6.21. The van der Waals surface area contributed by atoms with Gasteiger partial charge in [0.25, 0.3) is 0 Å². The van der Waals surface area contributed by atoms with Crippen molar-refractivity contribution in [3.63, 3.8) is 0 Å². The van der Waals surface area contributed by atoms with Gasteiger partial charge < -0.3 is 5.73 Å². The average Bonchev–Trinajstić information content (AvgIpc) is 3.20. The van der Waals surface area contributed by atoms with Crippen molar-refractivity contribution in [2.45, 2.75) is 138 Å². The molecular formula is C53H69Br5N4O4S2. The van der Waals surface area contributed by atoms with Gasteiger partial charge in [-0.3, -0.25) is 4.79 Å². The van der Waals surface area contributed by atoms with Gasteiger partial charge in [0.15, 0.2) is 5.78 Å². The third-order valence-corrected chi connectivity index (χ3v) is 15.6. The van der Waals surface area contributed by atoms with Crippen LogP contribution in [0.25, 0.3) is 0 Å². The zero-order chi connectivity index (χ0) is 52.4. The monoisotopic (exact) mass is 1280 g/mol. The molecule has 0 spiro atoms. The number of ketones is 1. The number of hydrogen-bond donors (Lipinski definition) is 2. The fraction of sp³-hybridized carbons (Fsp3) is 0.396. The molecule has 0 amide bonds. The van der Waals surface area contributed by atoms with Gasteiger partial charge in [0, 0.05) is 40.0 Å². The van der Waals surface area contributed by atoms with E-state index in [1.165, 1.54) is 22.3 Å². The lowest BCUT2D eigenvalue weighted by Gasteiger charge is -2.23. The number of Topliss-reactive ketones (excluding diaryl/α,β-unsaturated/α-hetero) is 1. The first-order chi connectivity index (χ1) is 31.3. The molecule has 0 saturated heterocycles. The summed E-state index contributed by atoms with van der Waals surface area (Å²) in [6.07, 6.45) is 0. The largest absolute Gasteiger partial charge is 0.324 e. The first-order valence-electron chi connectivity index (χ1n) is 21.9. The van der Waals surface area contributed by atoms with Crippen LogP contribution < -0.4 is 10.5 Å². The van der Waals surface area contributed by atoms with Crippen molar-refractivity contribution in [1.82, 2.24) is 4.72 Å². The van der Waals surface area contributed by atoms with Crippen molar-refractivity contribution in [2.24, 2.45) is 15.3 Å². The van der Waals surface area contributed by atoms with Gasteiger partial charge >= 0.3 is 0 Å². The first-order valence-corrected chi connectivity index (χ1v) is 28.1. The van der Waals surface area contributed by atoms with Crippen LogP contribution in [-0.2, 0) is 22.0 Å². The second-order valence-corrected chi connectivity index (χ2v) is 26.8. The van der Waals surface area contributed by atoms with Gasteiger partial charge in [0.1, 0.15) is 17.0 Å². The highest BCUT2D eigenvalue weighted by atomic mass is 79.9. The van der Waals surface area contributed by atoms with Crippen molar-refractivity contribution < 1.29 is 13.2 Å². The summed E-state index contributed by atoms with van der Waals surface area (Å²) in [6.45, 7) is 31.1. The lowest BCUT2D eigenvalue weighted by molar-refractivity contribution is 0.101. The maximum absolute atomic E-state index is 12.0. The van der Waals surface area contributed by atoms with Gasteiger partial charge in [-0.1, -0.05) is 115 Å². The molecule has 0 aliphatic carbocycles. The van der Waals surface area contributed by atoms with E-state index in [2.05, 4.69) is 132 Å². The summed E-state index contributed by atoms with van der Waals surface area (Å²) in [6, 6.07) is 29.8. The van der Waals surface area contributed by atoms with Crippen LogP contribution in [0.5, 0.6) is 0 Å². The predicted octanol–water partition coefficient (Wildman–Crippen LogP) is 17.2. The van der Waals surface area contributed by atoms with E-state index in [9.17, 15) is 18.1 Å². The number of rotatable bonds is 9. The summed E-state index contributed by atoms with van der Waals surface area (Å²) < 4.78 is 36.1. The van der Waals surface area contributed by atoms with Crippen LogP contribution in [-0.4, -0.2) is 29.4 Å². The molecule has 5 atom stereocenters. The van der Waals surface area contributed by atoms with Gasteiger partial charge in [0.05, 0.1) is 26.2 Å². The SMILES string of the molecule is CC(=N[S@](=O)C(C)(C)C)c1ccc(Br)cc1C.CC(=O)c1ccc(Br)cc1C.Cc1cc(Br)ccc1[C@H](C)N.Cc1cc(Br)ccc1[C@H](C)N=O.Cc1cc(Br)ccc1[C@H](C)N[S@](=O)C(C)(C)C. The quantitative estimate of drug-likeness (QED) is 0.0862. The topological polar surface area (TPSA) is 131 Å². The van der Waals surface area contributed by atoms with Crippen LogP contribution >= 0.6 is 79.6 Å². The molecule has 0 fully saturated rings. The Hall–Kier alpha value is -2.34. The van der Waals surface area contributed by atoms with Crippen LogP contribution in [0.4, 0.5) is 0 Å². The number of carbonyl (C=O) groups is 1. The average molecular weight is 1290 g/mol. The normalized spacial score (nSPS) is 13.5. The van der Waals surface area contributed by atoms with Crippen LogP contribution in [0.2, 0.25) is 0 Å². The first kappa shape index (κ1) is 63.7. The number of aryl methyl sites for hydroxylation is 5. The smallest absolute Gasteiger partial charge is 0.160 e. The number of nitroso groups, excluding NO2 is 1. The van der Waals surface area contributed by atoms with E-state index < -0.39 is 22.0 Å². The molecule has 8 nitrogen and oxygen atoms in total. The van der Waals surface area contributed by atoms with E-state index in [1.54, 1.807) is 13.8 Å². The molecule has 0 unspecified atom stereocenters. The van der Waals surface area contributed by atoms with Gasteiger partial charge in [-0.2, -0.15) is 9.30 Å². The second kappa shape index (κ2) is 29.9. The van der Waals surface area contributed by atoms with E-state index in [0.717, 1.165) is 61.5 Å². The summed E-state index contributed by atoms with van der Waals surface area (Å²) >= 11 is 17.0. The molecule has 5 rings (SSSR count). The minimum absolute atomic E-state index is 0.0863. The zero-order valence-electron chi connectivity index (χ0n) is 42.2. The van der Waals surface area contributed by atoms with Gasteiger partial charge in [0.2, 0.25) is 0 Å². The van der Waals surface area contributed by atoms with E-state index in [4.69, 9.17) is 5.73 Å². The van der Waals surface area contributed by atoms with E-state index in [1.807, 2.05) is 150 Å². The molecule has 372 valence electrons. The van der Waals surface area contributed by atoms with E-state index >= 15 is 0 Å². The molecule has 68 heavy (non-hydrogen) atoms.